The van der Waals surface area contributed by atoms with Crippen LogP contribution in [0.15, 0.2) is 48.5 Å². The lowest BCUT2D eigenvalue weighted by Gasteiger charge is -2.38. The summed E-state index contributed by atoms with van der Waals surface area (Å²) >= 11 is 0. The first-order chi connectivity index (χ1) is 12.6. The van der Waals surface area contributed by atoms with Crippen LogP contribution in [0.5, 0.6) is 0 Å². The summed E-state index contributed by atoms with van der Waals surface area (Å²) in [5.74, 6) is -0.369. The van der Waals surface area contributed by atoms with Crippen molar-refractivity contribution in [2.45, 2.75) is 77.3 Å². The molecule has 154 valence electrons. The predicted octanol–water partition coefficient (Wildman–Crippen LogP) is 5.93. The maximum atomic E-state index is 10.4. The second kappa shape index (κ2) is 7.54. The number of benzene rings is 2. The number of hydrogen-bond donors (Lipinski definition) is 3. The Hall–Kier alpha value is -1.25. The molecule has 0 aliphatic carbocycles. The molecule has 0 amide bonds. The Morgan fingerprint density at radius 2 is 0.929 bits per heavy atom. The molecule has 2 aromatic rings. The van der Waals surface area contributed by atoms with Crippen LogP contribution in [0.25, 0.3) is 0 Å². The van der Waals surface area contributed by atoms with Crippen LogP contribution in [0.3, 0.4) is 0 Å². The van der Waals surface area contributed by atoms with E-state index < -0.39 is 13.1 Å². The van der Waals surface area contributed by atoms with Crippen LogP contribution in [-0.2, 0) is 10.8 Å². The van der Waals surface area contributed by atoms with Crippen molar-refractivity contribution in [1.82, 2.24) is 0 Å². The molecule has 0 heterocycles. The van der Waals surface area contributed by atoms with Crippen molar-refractivity contribution < 1.29 is 14.7 Å². The van der Waals surface area contributed by atoms with E-state index >= 15 is 0 Å². The fraction of sp³-hybridized carbons (Fsp3) is 0.500. The third-order valence-electron chi connectivity index (χ3n) is 5.64. The molecular weight excluding hydrogens is 367 g/mol. The van der Waals surface area contributed by atoms with Gasteiger partial charge < -0.3 is 0 Å². The summed E-state index contributed by atoms with van der Waals surface area (Å²) in [6.07, 6.45) is 0. The van der Waals surface area contributed by atoms with Crippen molar-refractivity contribution >= 4 is 7.94 Å². The number of hydrogen-bond acceptors (Lipinski definition) is 3. The van der Waals surface area contributed by atoms with E-state index in [0.29, 0.717) is 0 Å². The standard InChI is InChI=1S/C24H36O3P/c1-22(2,3)19-15-11-9-13-17(19)21(24(7,8)28(25,26)27)18-14-10-12-16-20(18)23(4,5)6/h9-16,21,25-27H,1-8H3/q+1. The van der Waals surface area contributed by atoms with Gasteiger partial charge in [-0.2, -0.15) is 14.7 Å². The molecular formula is C24H36O3P+. The molecule has 0 aromatic heterocycles. The van der Waals surface area contributed by atoms with Crippen molar-refractivity contribution in [2.75, 3.05) is 0 Å². The minimum Gasteiger partial charge on any atom is -0.192 e. The first kappa shape index (κ1) is 23.0. The van der Waals surface area contributed by atoms with E-state index in [1.807, 2.05) is 24.3 Å². The molecule has 0 unspecified atom stereocenters. The van der Waals surface area contributed by atoms with E-state index in [2.05, 4.69) is 65.8 Å². The molecule has 0 aliphatic heterocycles. The molecule has 0 spiro atoms. The van der Waals surface area contributed by atoms with E-state index in [1.54, 1.807) is 13.8 Å². The van der Waals surface area contributed by atoms with Crippen LogP contribution in [0.2, 0.25) is 0 Å². The largest absolute Gasteiger partial charge is 0.410 e. The van der Waals surface area contributed by atoms with Crippen LogP contribution >= 0.6 is 7.94 Å². The van der Waals surface area contributed by atoms with Crippen molar-refractivity contribution in [2.24, 2.45) is 0 Å². The molecule has 0 saturated carbocycles. The molecule has 0 aliphatic rings. The van der Waals surface area contributed by atoms with Gasteiger partial charge in [-0.05, 0) is 46.9 Å². The topological polar surface area (TPSA) is 60.7 Å². The van der Waals surface area contributed by atoms with E-state index in [4.69, 9.17) is 0 Å². The van der Waals surface area contributed by atoms with Gasteiger partial charge in [0.05, 0.1) is 5.92 Å². The average Bonchev–Trinajstić information content (AvgIpc) is 2.53. The summed E-state index contributed by atoms with van der Waals surface area (Å²) in [6.45, 7) is 16.5. The number of rotatable bonds is 4. The molecule has 0 saturated heterocycles. The lowest BCUT2D eigenvalue weighted by molar-refractivity contribution is 0.283. The van der Waals surface area contributed by atoms with Gasteiger partial charge in [0, 0.05) is 0 Å². The molecule has 3 nitrogen and oxygen atoms in total. The molecule has 2 aromatic carbocycles. The summed E-state index contributed by atoms with van der Waals surface area (Å²) in [7, 11) is -4.15. The smallest absolute Gasteiger partial charge is 0.192 e. The lowest BCUT2D eigenvalue weighted by atomic mass is 9.70. The maximum absolute atomic E-state index is 10.4. The molecule has 0 atom stereocenters. The van der Waals surface area contributed by atoms with Crippen molar-refractivity contribution in [1.29, 1.82) is 0 Å². The summed E-state index contributed by atoms with van der Waals surface area (Å²) < 4.78 is 0. The Kier molecular flexibility index (Phi) is 6.20. The average molecular weight is 404 g/mol. The third kappa shape index (κ3) is 4.49. The second-order valence-electron chi connectivity index (χ2n) is 10.3. The Labute approximate surface area is 171 Å². The summed E-state index contributed by atoms with van der Waals surface area (Å²) in [5, 5.41) is -1.14. The minimum absolute atomic E-state index is 0.122. The molecule has 0 bridgehead atoms. The van der Waals surface area contributed by atoms with E-state index in [0.717, 1.165) is 22.3 Å². The predicted molar refractivity (Wildman–Crippen MR) is 120 cm³/mol. The summed E-state index contributed by atoms with van der Waals surface area (Å²) in [4.78, 5) is 31.3. The Bertz CT molecular complexity index is 763. The van der Waals surface area contributed by atoms with Crippen LogP contribution in [-0.4, -0.2) is 19.8 Å². The monoisotopic (exact) mass is 403 g/mol. The van der Waals surface area contributed by atoms with Gasteiger partial charge in [0.2, 0.25) is 0 Å². The van der Waals surface area contributed by atoms with E-state index in [-0.39, 0.29) is 16.7 Å². The lowest BCUT2D eigenvalue weighted by Crippen LogP contribution is -2.36. The summed E-state index contributed by atoms with van der Waals surface area (Å²) in [6, 6.07) is 16.3. The van der Waals surface area contributed by atoms with Crippen molar-refractivity contribution in [3.8, 4) is 0 Å². The molecule has 3 N–H and O–H groups in total. The zero-order valence-corrected chi connectivity index (χ0v) is 19.4. The minimum atomic E-state index is -4.15. The molecule has 2 rings (SSSR count). The van der Waals surface area contributed by atoms with Gasteiger partial charge in [0.15, 0.2) is 5.16 Å². The Morgan fingerprint density at radius 1 is 0.607 bits per heavy atom. The van der Waals surface area contributed by atoms with E-state index in [1.165, 1.54) is 0 Å². The van der Waals surface area contributed by atoms with Gasteiger partial charge in [0.25, 0.3) is 0 Å². The van der Waals surface area contributed by atoms with Gasteiger partial charge in [-0.3, -0.25) is 0 Å². The van der Waals surface area contributed by atoms with Crippen LogP contribution in [0.4, 0.5) is 0 Å². The quantitative estimate of drug-likeness (QED) is 0.554. The van der Waals surface area contributed by atoms with Gasteiger partial charge in [-0.25, -0.2) is 0 Å². The van der Waals surface area contributed by atoms with Gasteiger partial charge in [-0.15, -0.1) is 0 Å². The van der Waals surface area contributed by atoms with Crippen LogP contribution in [0.1, 0.15) is 83.6 Å². The van der Waals surface area contributed by atoms with Gasteiger partial charge >= 0.3 is 7.94 Å². The van der Waals surface area contributed by atoms with Crippen molar-refractivity contribution in [3.05, 3.63) is 70.8 Å². The van der Waals surface area contributed by atoms with Gasteiger partial charge in [-0.1, -0.05) is 90.1 Å². The highest BCUT2D eigenvalue weighted by molar-refractivity contribution is 7.60. The summed E-state index contributed by atoms with van der Waals surface area (Å²) in [5.41, 5.74) is 4.10. The first-order valence-electron chi connectivity index (χ1n) is 9.84. The Balaban J connectivity index is 2.92. The SMILES string of the molecule is CC(C)(C)c1ccccc1C(c1ccccc1C(C)(C)C)C(C)(C)[P+](O)(O)O. The first-order valence-corrected chi connectivity index (χ1v) is 11.5. The fourth-order valence-corrected chi connectivity index (χ4v) is 4.59. The fourth-order valence-electron chi connectivity index (χ4n) is 3.97. The van der Waals surface area contributed by atoms with Crippen molar-refractivity contribution in [3.63, 3.8) is 0 Å². The third-order valence-corrected chi connectivity index (χ3v) is 7.44. The zero-order valence-electron chi connectivity index (χ0n) is 18.5. The molecule has 0 radical (unpaired) electrons. The van der Waals surface area contributed by atoms with Crippen LogP contribution in [0, 0.1) is 0 Å². The highest BCUT2D eigenvalue weighted by Crippen LogP contribution is 2.65. The highest BCUT2D eigenvalue weighted by Gasteiger charge is 2.58. The van der Waals surface area contributed by atoms with Crippen LogP contribution < -0.4 is 0 Å². The Morgan fingerprint density at radius 3 is 1.21 bits per heavy atom. The molecule has 4 heteroatoms. The normalized spacial score (nSPS) is 13.9. The second-order valence-corrected chi connectivity index (χ2v) is 12.6. The van der Waals surface area contributed by atoms with E-state index in [9.17, 15) is 14.7 Å². The molecule has 28 heavy (non-hydrogen) atoms. The molecule has 0 fully saturated rings. The maximum Gasteiger partial charge on any atom is 0.410 e. The zero-order chi connectivity index (χ0) is 21.5. The van der Waals surface area contributed by atoms with Gasteiger partial charge in [0.1, 0.15) is 0 Å². The highest BCUT2D eigenvalue weighted by atomic mass is 31.2.